The Morgan fingerprint density at radius 2 is 1.65 bits per heavy atom. The SMILES string of the molecule is Cc1ccc2c(c1)C(Br)c1ccccc1CC2. The highest BCUT2D eigenvalue weighted by Crippen LogP contribution is 2.38. The first kappa shape index (κ1) is 11.0. The van der Waals surface area contributed by atoms with Crippen LogP contribution in [0.2, 0.25) is 0 Å². The minimum Gasteiger partial charge on any atom is -0.0786 e. The van der Waals surface area contributed by atoms with Crippen molar-refractivity contribution in [3.05, 3.63) is 70.3 Å². The molecule has 0 spiro atoms. The van der Waals surface area contributed by atoms with Crippen LogP contribution in [0, 0.1) is 6.92 Å². The van der Waals surface area contributed by atoms with Gasteiger partial charge in [0.25, 0.3) is 0 Å². The summed E-state index contributed by atoms with van der Waals surface area (Å²) in [5.74, 6) is 0. The summed E-state index contributed by atoms with van der Waals surface area (Å²) < 4.78 is 0. The minimum atomic E-state index is 0.344. The fourth-order valence-corrected chi connectivity index (χ4v) is 3.50. The summed E-state index contributed by atoms with van der Waals surface area (Å²) in [6.45, 7) is 2.16. The molecule has 0 fully saturated rings. The van der Waals surface area contributed by atoms with Gasteiger partial charge in [-0.05, 0) is 42.0 Å². The second kappa shape index (κ2) is 4.30. The lowest BCUT2D eigenvalue weighted by atomic mass is 9.98. The highest BCUT2D eigenvalue weighted by molar-refractivity contribution is 9.09. The molecule has 0 heterocycles. The maximum atomic E-state index is 3.87. The Labute approximate surface area is 111 Å². The van der Waals surface area contributed by atoms with Gasteiger partial charge in [-0.25, -0.2) is 0 Å². The predicted octanol–water partition coefficient (Wildman–Crippen LogP) is 4.58. The van der Waals surface area contributed by atoms with E-state index < -0.39 is 0 Å². The molecule has 1 heteroatoms. The molecule has 0 saturated heterocycles. The maximum absolute atomic E-state index is 3.87. The summed E-state index contributed by atoms with van der Waals surface area (Å²) in [5, 5.41) is 0. The Balaban J connectivity index is 2.18. The van der Waals surface area contributed by atoms with Crippen molar-refractivity contribution in [1.82, 2.24) is 0 Å². The van der Waals surface area contributed by atoms with Crippen LogP contribution in [0.4, 0.5) is 0 Å². The second-order valence-corrected chi connectivity index (χ2v) is 5.68. The molecule has 0 aliphatic heterocycles. The minimum absolute atomic E-state index is 0.344. The molecule has 17 heavy (non-hydrogen) atoms. The number of halogens is 1. The van der Waals surface area contributed by atoms with Crippen molar-refractivity contribution in [1.29, 1.82) is 0 Å². The van der Waals surface area contributed by atoms with Gasteiger partial charge in [0.15, 0.2) is 0 Å². The van der Waals surface area contributed by atoms with Gasteiger partial charge in [0.1, 0.15) is 0 Å². The lowest BCUT2D eigenvalue weighted by Crippen LogP contribution is -1.96. The largest absolute Gasteiger partial charge is 0.0786 e. The molecule has 0 saturated carbocycles. The van der Waals surface area contributed by atoms with E-state index in [1.54, 1.807) is 0 Å². The third-order valence-corrected chi connectivity index (χ3v) is 4.55. The van der Waals surface area contributed by atoms with Crippen LogP contribution in [0.1, 0.15) is 32.6 Å². The second-order valence-electron chi connectivity index (χ2n) is 4.76. The van der Waals surface area contributed by atoms with Crippen LogP contribution in [0.15, 0.2) is 42.5 Å². The summed E-state index contributed by atoms with van der Waals surface area (Å²) in [7, 11) is 0. The normalized spacial score (nSPS) is 18.1. The van der Waals surface area contributed by atoms with Gasteiger partial charge in [-0.1, -0.05) is 64.0 Å². The number of rotatable bonds is 0. The van der Waals surface area contributed by atoms with Gasteiger partial charge >= 0.3 is 0 Å². The van der Waals surface area contributed by atoms with E-state index in [0.29, 0.717) is 4.83 Å². The van der Waals surface area contributed by atoms with Crippen molar-refractivity contribution < 1.29 is 0 Å². The average molecular weight is 287 g/mol. The van der Waals surface area contributed by atoms with E-state index in [1.165, 1.54) is 27.8 Å². The van der Waals surface area contributed by atoms with Gasteiger partial charge < -0.3 is 0 Å². The van der Waals surface area contributed by atoms with Crippen molar-refractivity contribution in [2.45, 2.75) is 24.6 Å². The summed E-state index contributed by atoms with van der Waals surface area (Å²) >= 11 is 3.87. The number of fused-ring (bicyclic) bond motifs is 2. The van der Waals surface area contributed by atoms with Crippen molar-refractivity contribution in [3.8, 4) is 0 Å². The number of aryl methyl sites for hydroxylation is 3. The first-order valence-electron chi connectivity index (χ1n) is 6.07. The zero-order valence-corrected chi connectivity index (χ0v) is 11.5. The summed E-state index contributed by atoms with van der Waals surface area (Å²) in [6, 6.07) is 15.6. The first-order valence-corrected chi connectivity index (χ1v) is 6.98. The lowest BCUT2D eigenvalue weighted by Gasteiger charge is -2.14. The average Bonchev–Trinajstić information content (AvgIpc) is 2.49. The number of benzene rings is 2. The zero-order valence-electron chi connectivity index (χ0n) is 9.91. The maximum Gasteiger partial charge on any atom is 0.0650 e. The quantitative estimate of drug-likeness (QED) is 0.622. The van der Waals surface area contributed by atoms with Crippen LogP contribution in [-0.2, 0) is 12.8 Å². The molecule has 0 aromatic heterocycles. The summed E-state index contributed by atoms with van der Waals surface area (Å²) in [6.07, 6.45) is 2.29. The lowest BCUT2D eigenvalue weighted by molar-refractivity contribution is 0.964. The van der Waals surface area contributed by atoms with E-state index in [1.807, 2.05) is 0 Å². The van der Waals surface area contributed by atoms with Crippen LogP contribution >= 0.6 is 15.9 Å². The van der Waals surface area contributed by atoms with Gasteiger partial charge in [-0.2, -0.15) is 0 Å². The van der Waals surface area contributed by atoms with E-state index in [2.05, 4.69) is 65.3 Å². The Morgan fingerprint density at radius 3 is 2.47 bits per heavy atom. The number of alkyl halides is 1. The third-order valence-electron chi connectivity index (χ3n) is 3.57. The number of hydrogen-bond donors (Lipinski definition) is 0. The number of hydrogen-bond acceptors (Lipinski definition) is 0. The molecule has 0 radical (unpaired) electrons. The van der Waals surface area contributed by atoms with Gasteiger partial charge in [0, 0.05) is 0 Å². The van der Waals surface area contributed by atoms with E-state index in [0.717, 1.165) is 12.8 Å². The van der Waals surface area contributed by atoms with E-state index >= 15 is 0 Å². The van der Waals surface area contributed by atoms with Gasteiger partial charge in [-0.15, -0.1) is 0 Å². The molecule has 0 bridgehead atoms. The van der Waals surface area contributed by atoms with Gasteiger partial charge in [-0.3, -0.25) is 0 Å². The van der Waals surface area contributed by atoms with Crippen molar-refractivity contribution in [3.63, 3.8) is 0 Å². The van der Waals surface area contributed by atoms with Crippen LogP contribution in [0.5, 0.6) is 0 Å². The molecule has 3 rings (SSSR count). The fourth-order valence-electron chi connectivity index (χ4n) is 2.62. The highest BCUT2D eigenvalue weighted by atomic mass is 79.9. The first-order chi connectivity index (χ1) is 8.25. The van der Waals surface area contributed by atoms with Crippen LogP contribution in [0.25, 0.3) is 0 Å². The smallest absolute Gasteiger partial charge is 0.0650 e. The van der Waals surface area contributed by atoms with E-state index in [-0.39, 0.29) is 0 Å². The van der Waals surface area contributed by atoms with Gasteiger partial charge in [0.2, 0.25) is 0 Å². The molecule has 1 aliphatic carbocycles. The molecule has 0 N–H and O–H groups in total. The standard InChI is InChI=1S/C16H15Br/c1-11-6-7-13-9-8-12-4-2-3-5-14(12)16(17)15(13)10-11/h2-7,10,16H,8-9H2,1H3. The molecule has 2 aromatic rings. The third kappa shape index (κ3) is 1.93. The molecule has 86 valence electrons. The highest BCUT2D eigenvalue weighted by Gasteiger charge is 2.20. The Kier molecular flexibility index (Phi) is 2.79. The predicted molar refractivity (Wildman–Crippen MR) is 75.8 cm³/mol. The van der Waals surface area contributed by atoms with Gasteiger partial charge in [0.05, 0.1) is 4.83 Å². The molecule has 0 amide bonds. The Hall–Kier alpha value is -1.08. The topological polar surface area (TPSA) is 0 Å². The molecule has 1 atom stereocenters. The molecule has 0 nitrogen and oxygen atoms in total. The fraction of sp³-hybridized carbons (Fsp3) is 0.250. The van der Waals surface area contributed by atoms with Crippen molar-refractivity contribution >= 4 is 15.9 Å². The van der Waals surface area contributed by atoms with E-state index in [4.69, 9.17) is 0 Å². The summed E-state index contributed by atoms with van der Waals surface area (Å²) in [5.41, 5.74) is 7.16. The van der Waals surface area contributed by atoms with Crippen LogP contribution in [0.3, 0.4) is 0 Å². The van der Waals surface area contributed by atoms with Crippen molar-refractivity contribution in [2.24, 2.45) is 0 Å². The van der Waals surface area contributed by atoms with E-state index in [9.17, 15) is 0 Å². The summed E-state index contributed by atoms with van der Waals surface area (Å²) in [4.78, 5) is 0.344. The Morgan fingerprint density at radius 1 is 0.941 bits per heavy atom. The molecule has 2 aromatic carbocycles. The zero-order chi connectivity index (χ0) is 11.8. The molecular formula is C16H15Br. The van der Waals surface area contributed by atoms with Crippen molar-refractivity contribution in [2.75, 3.05) is 0 Å². The monoisotopic (exact) mass is 286 g/mol. The molecular weight excluding hydrogens is 272 g/mol. The molecule has 1 unspecified atom stereocenters. The van der Waals surface area contributed by atoms with Crippen LogP contribution in [-0.4, -0.2) is 0 Å². The van der Waals surface area contributed by atoms with Crippen LogP contribution < -0.4 is 0 Å². The Bertz CT molecular complexity index is 557. The molecule has 1 aliphatic rings.